The maximum Gasteiger partial charge on any atom is 0.292 e. The van der Waals surface area contributed by atoms with Crippen molar-refractivity contribution in [3.8, 4) is 5.75 Å². The first kappa shape index (κ1) is 15.3. The Bertz CT molecular complexity index is 627. The number of benzene rings is 1. The van der Waals surface area contributed by atoms with E-state index >= 15 is 0 Å². The Labute approximate surface area is 125 Å². The van der Waals surface area contributed by atoms with Crippen LogP contribution in [0.4, 0.5) is 0 Å². The van der Waals surface area contributed by atoms with Gasteiger partial charge in [0.05, 0.1) is 6.61 Å². The summed E-state index contributed by atoms with van der Waals surface area (Å²) in [6.07, 6.45) is 2.51. The fourth-order valence-corrected chi connectivity index (χ4v) is 2.11. The van der Waals surface area contributed by atoms with Crippen molar-refractivity contribution >= 4 is 0 Å². The van der Waals surface area contributed by atoms with Gasteiger partial charge >= 0.3 is 0 Å². The number of hydrogen-bond donors (Lipinski definition) is 1. The number of pyridine rings is 1. The van der Waals surface area contributed by atoms with E-state index in [0.29, 0.717) is 18.9 Å². The maximum atomic E-state index is 12.3. The van der Waals surface area contributed by atoms with Crippen molar-refractivity contribution in [2.75, 3.05) is 6.61 Å². The van der Waals surface area contributed by atoms with Crippen molar-refractivity contribution < 1.29 is 4.74 Å². The molecule has 112 valence electrons. The summed E-state index contributed by atoms with van der Waals surface area (Å²) in [6, 6.07) is 13.6. The second-order valence-corrected chi connectivity index (χ2v) is 5.88. The van der Waals surface area contributed by atoms with E-state index in [-0.39, 0.29) is 5.56 Å². The molecule has 0 atom stereocenters. The van der Waals surface area contributed by atoms with Gasteiger partial charge in [-0.05, 0) is 31.5 Å². The molecule has 0 fully saturated rings. The average Bonchev–Trinajstić information content (AvgIpc) is 2.43. The number of nitrogens with zero attached hydrogens (tertiary/aromatic N) is 1. The third-order valence-electron chi connectivity index (χ3n) is 3.05. The van der Waals surface area contributed by atoms with E-state index in [1.807, 2.05) is 50.2 Å². The highest BCUT2D eigenvalue weighted by atomic mass is 16.5. The van der Waals surface area contributed by atoms with Gasteiger partial charge in [0.25, 0.3) is 5.56 Å². The van der Waals surface area contributed by atoms with E-state index in [1.54, 1.807) is 16.8 Å². The Morgan fingerprint density at radius 2 is 1.86 bits per heavy atom. The molecule has 2 rings (SSSR count). The smallest absolute Gasteiger partial charge is 0.292 e. The third-order valence-corrected chi connectivity index (χ3v) is 3.05. The number of rotatable bonds is 6. The molecule has 4 heteroatoms. The highest BCUT2D eigenvalue weighted by molar-refractivity contribution is 5.18. The topological polar surface area (TPSA) is 57.2 Å². The van der Waals surface area contributed by atoms with Gasteiger partial charge in [-0.15, -0.1) is 0 Å². The highest BCUT2D eigenvalue weighted by Gasteiger charge is 2.13. The summed E-state index contributed by atoms with van der Waals surface area (Å²) in [5.41, 5.74) is 6.58. The van der Waals surface area contributed by atoms with Crippen LogP contribution in [0.25, 0.3) is 0 Å². The second kappa shape index (κ2) is 6.59. The van der Waals surface area contributed by atoms with E-state index in [1.165, 1.54) is 5.56 Å². The van der Waals surface area contributed by atoms with E-state index in [9.17, 15) is 4.79 Å². The molecule has 0 aliphatic rings. The fourth-order valence-electron chi connectivity index (χ4n) is 2.11. The Hall–Kier alpha value is -2.07. The van der Waals surface area contributed by atoms with Crippen LogP contribution in [0.1, 0.15) is 19.4 Å². The fraction of sp³-hybridized carbons (Fsp3) is 0.353. The molecule has 0 radical (unpaired) electrons. The molecule has 0 bridgehead atoms. The van der Waals surface area contributed by atoms with Crippen LogP contribution in [0, 0.1) is 0 Å². The first-order chi connectivity index (χ1) is 9.96. The summed E-state index contributed by atoms with van der Waals surface area (Å²) in [5.74, 6) is 0.373. The van der Waals surface area contributed by atoms with E-state index in [2.05, 4.69) is 0 Å². The van der Waals surface area contributed by atoms with Crippen molar-refractivity contribution in [1.29, 1.82) is 0 Å². The Balaban J connectivity index is 2.01. The number of hydrogen-bond acceptors (Lipinski definition) is 3. The lowest BCUT2D eigenvalue weighted by molar-refractivity contribution is 0.311. The van der Waals surface area contributed by atoms with Gasteiger partial charge in [0, 0.05) is 24.7 Å². The molecular formula is C17H22N2O2. The summed E-state index contributed by atoms with van der Waals surface area (Å²) in [7, 11) is 0. The number of nitrogens with two attached hydrogens (primary N) is 1. The summed E-state index contributed by atoms with van der Waals surface area (Å²) >= 11 is 0. The van der Waals surface area contributed by atoms with Gasteiger partial charge in [-0.25, -0.2) is 0 Å². The molecule has 0 saturated heterocycles. The molecule has 0 unspecified atom stereocenters. The van der Waals surface area contributed by atoms with Crippen LogP contribution in [0.15, 0.2) is 53.5 Å². The monoisotopic (exact) mass is 286 g/mol. The van der Waals surface area contributed by atoms with Gasteiger partial charge < -0.3 is 15.0 Å². The molecule has 1 aromatic carbocycles. The SMILES string of the molecule is CC(C)(N)Cn1cccc(OCCc2ccccc2)c1=O. The summed E-state index contributed by atoms with van der Waals surface area (Å²) < 4.78 is 7.22. The molecule has 1 heterocycles. The van der Waals surface area contributed by atoms with Gasteiger partial charge in [-0.1, -0.05) is 30.3 Å². The van der Waals surface area contributed by atoms with Gasteiger partial charge in [0.2, 0.25) is 0 Å². The minimum absolute atomic E-state index is 0.135. The molecule has 2 N–H and O–H groups in total. The predicted molar refractivity (Wildman–Crippen MR) is 84.6 cm³/mol. The number of aromatic nitrogens is 1. The van der Waals surface area contributed by atoms with E-state index in [4.69, 9.17) is 10.5 Å². The maximum absolute atomic E-state index is 12.3. The van der Waals surface area contributed by atoms with Crippen molar-refractivity contribution in [3.05, 3.63) is 64.6 Å². The Morgan fingerprint density at radius 3 is 2.52 bits per heavy atom. The lowest BCUT2D eigenvalue weighted by Crippen LogP contribution is -2.40. The normalized spacial score (nSPS) is 11.4. The molecule has 0 aliphatic heterocycles. The summed E-state index contributed by atoms with van der Waals surface area (Å²) in [4.78, 5) is 12.3. The van der Waals surface area contributed by atoms with Crippen molar-refractivity contribution in [3.63, 3.8) is 0 Å². The zero-order chi connectivity index (χ0) is 15.3. The zero-order valence-electron chi connectivity index (χ0n) is 12.6. The van der Waals surface area contributed by atoms with E-state index in [0.717, 1.165) is 6.42 Å². The molecule has 0 aliphatic carbocycles. The van der Waals surface area contributed by atoms with Crippen molar-refractivity contribution in [2.45, 2.75) is 32.4 Å². The number of ether oxygens (including phenoxy) is 1. The van der Waals surface area contributed by atoms with Crippen LogP contribution >= 0.6 is 0 Å². The Morgan fingerprint density at radius 1 is 1.14 bits per heavy atom. The van der Waals surface area contributed by atoms with Crippen LogP contribution in [0.2, 0.25) is 0 Å². The van der Waals surface area contributed by atoms with Crippen molar-refractivity contribution in [1.82, 2.24) is 4.57 Å². The molecule has 4 nitrogen and oxygen atoms in total. The third kappa shape index (κ3) is 4.76. The second-order valence-electron chi connectivity index (χ2n) is 5.88. The molecule has 21 heavy (non-hydrogen) atoms. The van der Waals surface area contributed by atoms with Crippen LogP contribution < -0.4 is 16.0 Å². The molecule has 0 spiro atoms. The molecular weight excluding hydrogens is 264 g/mol. The Kier molecular flexibility index (Phi) is 4.81. The molecule has 2 aromatic rings. The van der Waals surface area contributed by atoms with Crippen molar-refractivity contribution in [2.24, 2.45) is 5.73 Å². The largest absolute Gasteiger partial charge is 0.488 e. The van der Waals surface area contributed by atoms with Gasteiger partial charge in [0.15, 0.2) is 5.75 Å². The molecule has 0 saturated carbocycles. The van der Waals surface area contributed by atoms with Gasteiger partial charge in [0.1, 0.15) is 0 Å². The minimum Gasteiger partial charge on any atom is -0.488 e. The lowest BCUT2D eigenvalue weighted by atomic mass is 10.1. The van der Waals surface area contributed by atoms with Crippen LogP contribution in [0.5, 0.6) is 5.75 Å². The van der Waals surface area contributed by atoms with Crippen LogP contribution in [-0.2, 0) is 13.0 Å². The summed E-state index contributed by atoms with van der Waals surface area (Å²) in [5, 5.41) is 0. The summed E-state index contributed by atoms with van der Waals surface area (Å²) in [6.45, 7) is 4.72. The van der Waals surface area contributed by atoms with E-state index < -0.39 is 5.54 Å². The highest BCUT2D eigenvalue weighted by Crippen LogP contribution is 2.07. The first-order valence-corrected chi connectivity index (χ1v) is 7.11. The molecule has 0 amide bonds. The lowest BCUT2D eigenvalue weighted by Gasteiger charge is -2.20. The first-order valence-electron chi connectivity index (χ1n) is 7.11. The minimum atomic E-state index is -0.438. The van der Waals surface area contributed by atoms with Gasteiger partial charge in [-0.3, -0.25) is 4.79 Å². The average molecular weight is 286 g/mol. The molecule has 1 aromatic heterocycles. The van der Waals surface area contributed by atoms with Crippen LogP contribution in [-0.4, -0.2) is 16.7 Å². The predicted octanol–water partition coefficient (Wildman–Crippen LogP) is 2.21. The van der Waals surface area contributed by atoms with Gasteiger partial charge in [-0.2, -0.15) is 0 Å². The standard InChI is InChI=1S/C17H22N2O2/c1-17(2,18)13-19-11-6-9-15(16(19)20)21-12-10-14-7-4-3-5-8-14/h3-9,11H,10,12-13,18H2,1-2H3. The zero-order valence-corrected chi connectivity index (χ0v) is 12.6. The quantitative estimate of drug-likeness (QED) is 0.885. The van der Waals surface area contributed by atoms with Crippen LogP contribution in [0.3, 0.4) is 0 Å².